The summed E-state index contributed by atoms with van der Waals surface area (Å²) in [5, 5.41) is 6.87. The van der Waals surface area contributed by atoms with Crippen LogP contribution in [0.3, 0.4) is 0 Å². The zero-order valence-corrected chi connectivity index (χ0v) is 16.5. The van der Waals surface area contributed by atoms with Crippen LogP contribution in [0.4, 0.5) is 5.69 Å². The van der Waals surface area contributed by atoms with E-state index in [4.69, 9.17) is 4.74 Å². The van der Waals surface area contributed by atoms with Crippen LogP contribution in [-0.4, -0.2) is 33.2 Å². The van der Waals surface area contributed by atoms with Crippen LogP contribution in [0.5, 0.6) is 5.75 Å². The Kier molecular flexibility index (Phi) is 6.58. The van der Waals surface area contributed by atoms with E-state index in [1.54, 1.807) is 14.2 Å². The Morgan fingerprint density at radius 1 is 1.15 bits per heavy atom. The second kappa shape index (κ2) is 9.31. The summed E-state index contributed by atoms with van der Waals surface area (Å²) in [4.78, 5) is 6.83. The van der Waals surface area contributed by atoms with Gasteiger partial charge in [-0.2, -0.15) is 0 Å². The van der Waals surface area contributed by atoms with Crippen LogP contribution in [-0.2, 0) is 6.54 Å². The van der Waals surface area contributed by atoms with Crippen molar-refractivity contribution in [3.8, 4) is 5.75 Å². The molecule has 1 aliphatic rings. The maximum atomic E-state index is 5.42. The fourth-order valence-electron chi connectivity index (χ4n) is 3.48. The molecule has 1 fully saturated rings. The number of hydrogen-bond donors (Lipinski definition) is 2. The Morgan fingerprint density at radius 2 is 1.93 bits per heavy atom. The molecule has 1 aliphatic heterocycles. The second-order valence-electron chi connectivity index (χ2n) is 6.89. The van der Waals surface area contributed by atoms with Gasteiger partial charge in [-0.15, -0.1) is 0 Å². The second-order valence-corrected chi connectivity index (χ2v) is 6.89. The lowest BCUT2D eigenvalue weighted by molar-refractivity contribution is 0.409. The number of para-hydroxylation sites is 1. The molecule has 5 heteroatoms. The molecule has 0 saturated carbocycles. The standard InChI is InChI=1S/C22H30N4O/c1-17(18-10-8-11-20(15-18)26-13-6-7-14-26)25-22(23-2)24-16-19-9-4-5-12-21(19)27-3/h4-5,8-12,15,17H,6-7,13-14,16H2,1-3H3,(H2,23,24,25). The van der Waals surface area contributed by atoms with Gasteiger partial charge in [0, 0.05) is 37.9 Å². The molecule has 1 heterocycles. The molecule has 144 valence electrons. The Balaban J connectivity index is 1.61. The molecule has 2 aromatic carbocycles. The Labute approximate surface area is 162 Å². The van der Waals surface area contributed by atoms with E-state index in [0.717, 1.165) is 30.4 Å². The average molecular weight is 367 g/mol. The molecule has 27 heavy (non-hydrogen) atoms. The Hall–Kier alpha value is -2.69. The smallest absolute Gasteiger partial charge is 0.191 e. The van der Waals surface area contributed by atoms with E-state index in [9.17, 15) is 0 Å². The van der Waals surface area contributed by atoms with Crippen molar-refractivity contribution in [2.24, 2.45) is 4.99 Å². The number of guanidine groups is 1. The van der Waals surface area contributed by atoms with Crippen molar-refractivity contribution in [1.29, 1.82) is 0 Å². The number of aliphatic imine (C=N–C) groups is 1. The molecule has 1 atom stereocenters. The molecule has 3 rings (SSSR count). The summed E-state index contributed by atoms with van der Waals surface area (Å²) >= 11 is 0. The van der Waals surface area contributed by atoms with Crippen molar-refractivity contribution in [3.63, 3.8) is 0 Å². The van der Waals surface area contributed by atoms with E-state index in [2.05, 4.69) is 57.8 Å². The molecule has 0 spiro atoms. The van der Waals surface area contributed by atoms with Gasteiger partial charge in [0.25, 0.3) is 0 Å². The van der Waals surface area contributed by atoms with Crippen LogP contribution in [0, 0.1) is 0 Å². The summed E-state index contributed by atoms with van der Waals surface area (Å²) in [7, 11) is 3.49. The van der Waals surface area contributed by atoms with Gasteiger partial charge in [0.1, 0.15) is 5.75 Å². The van der Waals surface area contributed by atoms with Crippen molar-refractivity contribution >= 4 is 11.6 Å². The first-order valence-corrected chi connectivity index (χ1v) is 9.65. The van der Waals surface area contributed by atoms with Crippen LogP contribution >= 0.6 is 0 Å². The summed E-state index contributed by atoms with van der Waals surface area (Å²) < 4.78 is 5.42. The first-order valence-electron chi connectivity index (χ1n) is 9.65. The quantitative estimate of drug-likeness (QED) is 0.604. The number of methoxy groups -OCH3 is 1. The Bertz CT molecular complexity index is 768. The van der Waals surface area contributed by atoms with Gasteiger partial charge in [0.05, 0.1) is 13.2 Å². The highest BCUT2D eigenvalue weighted by atomic mass is 16.5. The van der Waals surface area contributed by atoms with Crippen molar-refractivity contribution in [2.45, 2.75) is 32.4 Å². The molecule has 1 saturated heterocycles. The van der Waals surface area contributed by atoms with Crippen LogP contribution < -0.4 is 20.3 Å². The number of benzene rings is 2. The highest BCUT2D eigenvalue weighted by Gasteiger charge is 2.14. The molecule has 0 bridgehead atoms. The van der Waals surface area contributed by atoms with Crippen LogP contribution in [0.25, 0.3) is 0 Å². The number of ether oxygens (including phenoxy) is 1. The normalized spacial score (nSPS) is 15.5. The molecular formula is C22H30N4O. The van der Waals surface area contributed by atoms with Gasteiger partial charge < -0.3 is 20.3 Å². The number of nitrogens with zero attached hydrogens (tertiary/aromatic N) is 2. The van der Waals surface area contributed by atoms with Gasteiger partial charge in [-0.05, 0) is 43.5 Å². The fourth-order valence-corrected chi connectivity index (χ4v) is 3.48. The van der Waals surface area contributed by atoms with Crippen molar-refractivity contribution in [3.05, 3.63) is 59.7 Å². The summed E-state index contributed by atoms with van der Waals surface area (Å²) in [5.41, 5.74) is 3.68. The van der Waals surface area contributed by atoms with Crippen molar-refractivity contribution in [2.75, 3.05) is 32.1 Å². The average Bonchev–Trinajstić information content (AvgIpc) is 3.26. The van der Waals surface area contributed by atoms with Crippen LogP contribution in [0.1, 0.15) is 36.9 Å². The highest BCUT2D eigenvalue weighted by Crippen LogP contribution is 2.24. The van der Waals surface area contributed by atoms with E-state index in [1.807, 2.05) is 18.2 Å². The third-order valence-corrected chi connectivity index (χ3v) is 5.06. The van der Waals surface area contributed by atoms with Gasteiger partial charge in [-0.1, -0.05) is 30.3 Å². The topological polar surface area (TPSA) is 48.9 Å². The molecule has 0 amide bonds. The van der Waals surface area contributed by atoms with E-state index >= 15 is 0 Å². The molecule has 0 aromatic heterocycles. The first kappa shape index (κ1) is 19.1. The van der Waals surface area contributed by atoms with Gasteiger partial charge in [0.15, 0.2) is 5.96 Å². The molecule has 0 radical (unpaired) electrons. The van der Waals surface area contributed by atoms with Gasteiger partial charge in [0.2, 0.25) is 0 Å². The van der Waals surface area contributed by atoms with Crippen LogP contribution in [0.15, 0.2) is 53.5 Å². The van der Waals surface area contributed by atoms with Gasteiger partial charge in [-0.3, -0.25) is 4.99 Å². The highest BCUT2D eigenvalue weighted by molar-refractivity contribution is 5.80. The van der Waals surface area contributed by atoms with Crippen molar-refractivity contribution in [1.82, 2.24) is 10.6 Å². The monoisotopic (exact) mass is 366 g/mol. The van der Waals surface area contributed by atoms with E-state index in [-0.39, 0.29) is 6.04 Å². The zero-order chi connectivity index (χ0) is 19.1. The lowest BCUT2D eigenvalue weighted by Gasteiger charge is -2.22. The number of anilines is 1. The molecule has 5 nitrogen and oxygen atoms in total. The van der Waals surface area contributed by atoms with Gasteiger partial charge in [-0.25, -0.2) is 0 Å². The van der Waals surface area contributed by atoms with Crippen molar-refractivity contribution < 1.29 is 4.74 Å². The van der Waals surface area contributed by atoms with E-state index < -0.39 is 0 Å². The molecule has 2 N–H and O–H groups in total. The maximum absolute atomic E-state index is 5.42. The van der Waals surface area contributed by atoms with Gasteiger partial charge >= 0.3 is 0 Å². The largest absolute Gasteiger partial charge is 0.496 e. The lowest BCUT2D eigenvalue weighted by atomic mass is 10.1. The summed E-state index contributed by atoms with van der Waals surface area (Å²) in [6, 6.07) is 17.0. The zero-order valence-electron chi connectivity index (χ0n) is 16.5. The summed E-state index contributed by atoms with van der Waals surface area (Å²) in [6.07, 6.45) is 2.58. The molecular weight excluding hydrogens is 336 g/mol. The van der Waals surface area contributed by atoms with E-state index in [1.165, 1.54) is 24.1 Å². The van der Waals surface area contributed by atoms with Crippen LogP contribution in [0.2, 0.25) is 0 Å². The van der Waals surface area contributed by atoms with E-state index in [0.29, 0.717) is 6.54 Å². The minimum atomic E-state index is 0.163. The third kappa shape index (κ3) is 4.94. The maximum Gasteiger partial charge on any atom is 0.191 e. The molecule has 1 unspecified atom stereocenters. The predicted molar refractivity (Wildman–Crippen MR) is 113 cm³/mol. The Morgan fingerprint density at radius 3 is 2.67 bits per heavy atom. The first-order chi connectivity index (χ1) is 13.2. The molecule has 2 aromatic rings. The number of hydrogen-bond acceptors (Lipinski definition) is 3. The SMILES string of the molecule is CN=C(NCc1ccccc1OC)NC(C)c1cccc(N2CCCC2)c1. The molecule has 0 aliphatic carbocycles. The predicted octanol–water partition coefficient (Wildman–Crippen LogP) is 3.72. The fraction of sp³-hybridized carbons (Fsp3) is 0.409. The number of nitrogens with one attached hydrogen (secondary N) is 2. The summed E-state index contributed by atoms with van der Waals surface area (Å²) in [6.45, 7) is 5.14. The minimum absolute atomic E-state index is 0.163. The third-order valence-electron chi connectivity index (χ3n) is 5.06. The summed E-state index contributed by atoms with van der Waals surface area (Å²) in [5.74, 6) is 1.66. The number of rotatable bonds is 6. The lowest BCUT2D eigenvalue weighted by Crippen LogP contribution is -2.38. The minimum Gasteiger partial charge on any atom is -0.496 e.